The molecule has 1 heterocycles. The summed E-state index contributed by atoms with van der Waals surface area (Å²) in [7, 11) is 1.51. The van der Waals surface area contributed by atoms with Gasteiger partial charge in [-0.15, -0.1) is 0 Å². The van der Waals surface area contributed by atoms with E-state index in [9.17, 15) is 19.1 Å². The van der Waals surface area contributed by atoms with Crippen LogP contribution in [0.3, 0.4) is 0 Å². The summed E-state index contributed by atoms with van der Waals surface area (Å²) in [5.74, 6) is -1.29. The minimum atomic E-state index is -0.829. The topological polar surface area (TPSA) is 79.3 Å². The molecule has 3 rings (SSSR count). The third kappa shape index (κ3) is 5.07. The number of methoxy groups -OCH3 is 1. The van der Waals surface area contributed by atoms with Gasteiger partial charge in [0.05, 0.1) is 25.3 Å². The summed E-state index contributed by atoms with van der Waals surface area (Å²) in [5.41, 5.74) is 0.816. The van der Waals surface area contributed by atoms with Gasteiger partial charge < -0.3 is 24.4 Å². The number of hydrogen-bond acceptors (Lipinski definition) is 6. The summed E-state index contributed by atoms with van der Waals surface area (Å²) in [6, 6.07) is 9.51. The van der Waals surface area contributed by atoms with Gasteiger partial charge in [-0.2, -0.15) is 0 Å². The number of likely N-dealkylation sites (tertiary alicyclic amines) is 1. The van der Waals surface area contributed by atoms with Crippen molar-refractivity contribution in [2.24, 2.45) is 0 Å². The molecule has 7 nitrogen and oxygen atoms in total. The maximum Gasteiger partial charge on any atom is 0.295 e. The Balaban J connectivity index is 2.14. The Hall–Kier alpha value is -3.39. The zero-order valence-corrected chi connectivity index (χ0v) is 20.0. The van der Waals surface area contributed by atoms with Crippen LogP contribution in [0.15, 0.2) is 48.0 Å². The van der Waals surface area contributed by atoms with Gasteiger partial charge in [0.25, 0.3) is 11.7 Å². The number of benzene rings is 2. The highest BCUT2D eigenvalue weighted by atomic mass is 19.1. The summed E-state index contributed by atoms with van der Waals surface area (Å²) in [6.45, 7) is 8.84. The predicted octanol–water partition coefficient (Wildman–Crippen LogP) is 4.00. The van der Waals surface area contributed by atoms with Crippen molar-refractivity contribution in [2.75, 3.05) is 39.9 Å². The largest absolute Gasteiger partial charge is 0.507 e. The van der Waals surface area contributed by atoms with Crippen LogP contribution >= 0.6 is 0 Å². The van der Waals surface area contributed by atoms with E-state index in [-0.39, 0.29) is 16.9 Å². The first-order chi connectivity index (χ1) is 16.4. The van der Waals surface area contributed by atoms with Crippen LogP contribution in [-0.4, -0.2) is 66.5 Å². The average molecular weight is 471 g/mol. The Kier molecular flexibility index (Phi) is 8.28. The van der Waals surface area contributed by atoms with Gasteiger partial charge in [0.2, 0.25) is 0 Å². The number of Topliss-reactive ketones (excluding diaryl/α,β-unsaturated/α-hetero) is 1. The second-order valence-electron chi connectivity index (χ2n) is 7.87. The molecule has 0 saturated carbocycles. The van der Waals surface area contributed by atoms with E-state index in [0.29, 0.717) is 36.8 Å². The number of halogens is 1. The fraction of sp³-hybridized carbons (Fsp3) is 0.385. The summed E-state index contributed by atoms with van der Waals surface area (Å²) in [4.78, 5) is 29.9. The number of ketones is 1. The average Bonchev–Trinajstić information content (AvgIpc) is 3.10. The predicted molar refractivity (Wildman–Crippen MR) is 127 cm³/mol. The van der Waals surface area contributed by atoms with Crippen molar-refractivity contribution in [2.45, 2.75) is 26.8 Å². The third-order valence-electron chi connectivity index (χ3n) is 6.01. The molecule has 2 aromatic rings. The number of carbonyl (C=O) groups excluding carboxylic acids is 2. The second-order valence-corrected chi connectivity index (χ2v) is 7.87. The van der Waals surface area contributed by atoms with E-state index in [1.54, 1.807) is 18.2 Å². The first-order valence-electron chi connectivity index (χ1n) is 11.4. The molecule has 1 aliphatic heterocycles. The van der Waals surface area contributed by atoms with Crippen molar-refractivity contribution in [3.8, 4) is 11.5 Å². The number of hydrogen-bond donors (Lipinski definition) is 1. The number of ether oxygens (including phenoxy) is 2. The molecule has 1 N–H and O–H groups in total. The lowest BCUT2D eigenvalue weighted by molar-refractivity contribution is -0.140. The van der Waals surface area contributed by atoms with Gasteiger partial charge in [-0.25, -0.2) is 4.39 Å². The van der Waals surface area contributed by atoms with Crippen LogP contribution in [0.4, 0.5) is 4.39 Å². The number of aliphatic hydroxyl groups is 1. The highest BCUT2D eigenvalue weighted by Crippen LogP contribution is 2.41. The van der Waals surface area contributed by atoms with Crippen molar-refractivity contribution < 1.29 is 28.6 Å². The molecule has 0 spiro atoms. The lowest BCUT2D eigenvalue weighted by Crippen LogP contribution is -2.38. The molecular formula is C26H31FN2O5. The summed E-state index contributed by atoms with van der Waals surface area (Å²) in [6.07, 6.45) is 0. The normalized spacial score (nSPS) is 17.5. The van der Waals surface area contributed by atoms with Crippen LogP contribution in [0.25, 0.3) is 5.76 Å². The number of nitrogens with zero attached hydrogens (tertiary/aromatic N) is 2. The molecule has 1 atom stereocenters. The van der Waals surface area contributed by atoms with E-state index in [1.165, 1.54) is 36.3 Å². The molecule has 1 aliphatic rings. The summed E-state index contributed by atoms with van der Waals surface area (Å²) in [5, 5.41) is 11.1. The van der Waals surface area contributed by atoms with Crippen LogP contribution in [0.1, 0.15) is 37.9 Å². The molecule has 2 aromatic carbocycles. The SMILES string of the molecule is CCOc1ccc([C@H]2C(=C(O)c3ccc(F)cc3)C(=O)C(=O)N2CCN(CC)CC)cc1OC. The first-order valence-corrected chi connectivity index (χ1v) is 11.4. The van der Waals surface area contributed by atoms with Crippen molar-refractivity contribution in [3.05, 3.63) is 65.0 Å². The van der Waals surface area contributed by atoms with Gasteiger partial charge in [-0.1, -0.05) is 19.9 Å². The number of rotatable bonds is 10. The van der Waals surface area contributed by atoms with E-state index in [0.717, 1.165) is 13.1 Å². The summed E-state index contributed by atoms with van der Waals surface area (Å²) < 4.78 is 24.5. The lowest BCUT2D eigenvalue weighted by Gasteiger charge is -2.28. The van der Waals surface area contributed by atoms with E-state index < -0.39 is 23.5 Å². The molecule has 0 bridgehead atoms. The maximum atomic E-state index is 13.4. The number of aliphatic hydroxyl groups excluding tert-OH is 1. The molecular weight excluding hydrogens is 439 g/mol. The highest BCUT2D eigenvalue weighted by Gasteiger charge is 2.46. The molecule has 0 unspecified atom stereocenters. The third-order valence-corrected chi connectivity index (χ3v) is 6.01. The standard InChI is InChI=1S/C26H31FN2O5/c1-5-28(6-2)14-15-29-23(18-10-13-20(34-7-3)21(16-18)33-4)22(25(31)26(29)32)24(30)17-8-11-19(27)12-9-17/h8-13,16,23,30H,5-7,14-15H2,1-4H3/t23-/m0/s1. The van der Waals surface area contributed by atoms with Crippen LogP contribution in [0.5, 0.6) is 11.5 Å². The molecule has 0 radical (unpaired) electrons. The molecule has 8 heteroatoms. The molecule has 1 fully saturated rings. The number of amides is 1. The number of carbonyl (C=O) groups is 2. The quantitative estimate of drug-likeness (QED) is 0.321. The fourth-order valence-electron chi connectivity index (χ4n) is 4.14. The molecule has 1 saturated heterocycles. The molecule has 0 aliphatic carbocycles. The van der Waals surface area contributed by atoms with E-state index in [4.69, 9.17) is 9.47 Å². The zero-order valence-electron chi connectivity index (χ0n) is 20.0. The van der Waals surface area contributed by atoms with Crippen LogP contribution in [0.2, 0.25) is 0 Å². The first kappa shape index (κ1) is 25.2. The Morgan fingerprint density at radius 2 is 1.74 bits per heavy atom. The van der Waals surface area contributed by atoms with Crippen LogP contribution < -0.4 is 9.47 Å². The van der Waals surface area contributed by atoms with Gasteiger partial charge >= 0.3 is 0 Å². The van der Waals surface area contributed by atoms with E-state index in [1.807, 2.05) is 20.8 Å². The van der Waals surface area contributed by atoms with Crippen LogP contribution in [-0.2, 0) is 9.59 Å². The monoisotopic (exact) mass is 470 g/mol. The Bertz CT molecular complexity index is 1060. The van der Waals surface area contributed by atoms with E-state index >= 15 is 0 Å². The van der Waals surface area contributed by atoms with Gasteiger partial charge in [-0.3, -0.25) is 9.59 Å². The Morgan fingerprint density at radius 3 is 2.32 bits per heavy atom. The molecule has 182 valence electrons. The van der Waals surface area contributed by atoms with Crippen molar-refractivity contribution in [1.82, 2.24) is 9.80 Å². The van der Waals surface area contributed by atoms with Gasteiger partial charge in [0.15, 0.2) is 11.5 Å². The summed E-state index contributed by atoms with van der Waals surface area (Å²) >= 11 is 0. The van der Waals surface area contributed by atoms with E-state index in [2.05, 4.69) is 4.90 Å². The maximum absolute atomic E-state index is 13.4. The van der Waals surface area contributed by atoms with Gasteiger partial charge in [0.1, 0.15) is 11.6 Å². The Labute approximate surface area is 199 Å². The number of likely N-dealkylation sites (N-methyl/N-ethyl adjacent to an activating group) is 1. The Morgan fingerprint density at radius 1 is 1.06 bits per heavy atom. The van der Waals surface area contributed by atoms with Crippen molar-refractivity contribution >= 4 is 17.4 Å². The molecule has 0 aromatic heterocycles. The smallest absolute Gasteiger partial charge is 0.295 e. The van der Waals surface area contributed by atoms with Gasteiger partial charge in [0, 0.05) is 18.7 Å². The highest BCUT2D eigenvalue weighted by molar-refractivity contribution is 6.46. The zero-order chi connectivity index (χ0) is 24.8. The second kappa shape index (κ2) is 11.2. The lowest BCUT2D eigenvalue weighted by atomic mass is 9.95. The van der Waals surface area contributed by atoms with Gasteiger partial charge in [-0.05, 0) is 62.0 Å². The minimum Gasteiger partial charge on any atom is -0.507 e. The van der Waals surface area contributed by atoms with Crippen molar-refractivity contribution in [3.63, 3.8) is 0 Å². The molecule has 1 amide bonds. The molecule has 34 heavy (non-hydrogen) atoms. The minimum absolute atomic E-state index is 0.0395. The van der Waals surface area contributed by atoms with Crippen LogP contribution in [0, 0.1) is 5.82 Å². The van der Waals surface area contributed by atoms with Crippen molar-refractivity contribution in [1.29, 1.82) is 0 Å². The fourth-order valence-corrected chi connectivity index (χ4v) is 4.14.